The predicted molar refractivity (Wildman–Crippen MR) is 103 cm³/mol. The van der Waals surface area contributed by atoms with Crippen LogP contribution in [-0.4, -0.2) is 43.0 Å². The third-order valence-corrected chi connectivity index (χ3v) is 5.85. The highest BCUT2D eigenvalue weighted by atomic mass is 16.5. The van der Waals surface area contributed by atoms with E-state index in [0.717, 1.165) is 35.4 Å². The first-order chi connectivity index (χ1) is 13.2. The molecule has 1 unspecified atom stereocenters. The van der Waals surface area contributed by atoms with Crippen molar-refractivity contribution in [2.24, 2.45) is 7.05 Å². The summed E-state index contributed by atoms with van der Waals surface area (Å²) < 4.78 is 8.06. The highest BCUT2D eigenvalue weighted by Gasteiger charge is 2.41. The quantitative estimate of drug-likeness (QED) is 0.768. The van der Waals surface area contributed by atoms with Crippen LogP contribution in [0.15, 0.2) is 30.7 Å². The van der Waals surface area contributed by atoms with Crippen LogP contribution < -0.4 is 5.32 Å². The van der Waals surface area contributed by atoms with E-state index in [2.05, 4.69) is 15.4 Å². The Hall–Kier alpha value is -2.54. The maximum Gasteiger partial charge on any atom is 0.164 e. The number of nitrogens with one attached hydrogen (secondary N) is 1. The van der Waals surface area contributed by atoms with Crippen LogP contribution in [0.5, 0.6) is 0 Å². The minimum Gasteiger partial charge on any atom is -0.373 e. The average molecular weight is 364 g/mol. The van der Waals surface area contributed by atoms with Crippen molar-refractivity contribution >= 4 is 16.9 Å². The maximum absolute atomic E-state index is 6.26. The molecule has 3 aromatic rings. The second kappa shape index (κ2) is 6.56. The van der Waals surface area contributed by atoms with Crippen molar-refractivity contribution in [2.75, 3.05) is 11.9 Å². The summed E-state index contributed by atoms with van der Waals surface area (Å²) in [5.74, 6) is 1.52. The summed E-state index contributed by atoms with van der Waals surface area (Å²) in [4.78, 5) is 13.6. The minimum absolute atomic E-state index is 0.0743. The summed E-state index contributed by atoms with van der Waals surface area (Å²) >= 11 is 0. The largest absolute Gasteiger partial charge is 0.373 e. The standard InChI is InChI=1S/C20H24N6O/c1-26-19-16(12-22-26)18(24-17(25-19)14-5-9-21-10-6-14)23-15-11-20(27-13-15)7-3-2-4-8-20/h5-6,9-10,12,15H,2-4,7-8,11,13H2,1H3,(H,23,24,25). The lowest BCUT2D eigenvalue weighted by Gasteiger charge is -2.32. The van der Waals surface area contributed by atoms with E-state index in [1.165, 1.54) is 32.1 Å². The summed E-state index contributed by atoms with van der Waals surface area (Å²) in [6.07, 6.45) is 12.6. The van der Waals surface area contributed by atoms with Crippen molar-refractivity contribution in [3.63, 3.8) is 0 Å². The van der Waals surface area contributed by atoms with E-state index in [1.54, 1.807) is 17.1 Å². The maximum atomic E-state index is 6.26. The summed E-state index contributed by atoms with van der Waals surface area (Å²) in [5, 5.41) is 8.96. The minimum atomic E-state index is 0.0743. The second-order valence-electron chi connectivity index (χ2n) is 7.74. The molecule has 7 nitrogen and oxygen atoms in total. The summed E-state index contributed by atoms with van der Waals surface area (Å²) in [5.41, 5.74) is 1.85. The van der Waals surface area contributed by atoms with Gasteiger partial charge in [0.2, 0.25) is 0 Å². The van der Waals surface area contributed by atoms with Gasteiger partial charge in [0.1, 0.15) is 5.82 Å². The van der Waals surface area contributed by atoms with Gasteiger partial charge in [0, 0.05) is 25.0 Å². The topological polar surface area (TPSA) is 77.8 Å². The smallest absolute Gasteiger partial charge is 0.164 e. The molecular weight excluding hydrogens is 340 g/mol. The van der Waals surface area contributed by atoms with Crippen molar-refractivity contribution in [1.82, 2.24) is 24.7 Å². The van der Waals surface area contributed by atoms with E-state index in [4.69, 9.17) is 14.7 Å². The Morgan fingerprint density at radius 1 is 1.15 bits per heavy atom. The van der Waals surface area contributed by atoms with E-state index < -0.39 is 0 Å². The summed E-state index contributed by atoms with van der Waals surface area (Å²) in [6, 6.07) is 4.13. The van der Waals surface area contributed by atoms with Gasteiger partial charge in [-0.3, -0.25) is 9.67 Å². The van der Waals surface area contributed by atoms with Gasteiger partial charge in [-0.25, -0.2) is 9.97 Å². The molecule has 2 aliphatic rings. The molecule has 1 N–H and O–H groups in total. The molecule has 7 heteroatoms. The van der Waals surface area contributed by atoms with Crippen LogP contribution in [0.3, 0.4) is 0 Å². The first-order valence-electron chi connectivity index (χ1n) is 9.73. The number of pyridine rings is 1. The molecule has 140 valence electrons. The van der Waals surface area contributed by atoms with Crippen LogP contribution in [-0.2, 0) is 11.8 Å². The SMILES string of the molecule is Cn1ncc2c(NC3COC4(CCCCC4)C3)nc(-c3ccncc3)nc21. The Labute approximate surface area is 158 Å². The van der Waals surface area contributed by atoms with Gasteiger partial charge in [0.25, 0.3) is 0 Å². The Balaban J connectivity index is 1.47. The van der Waals surface area contributed by atoms with Crippen molar-refractivity contribution < 1.29 is 4.74 Å². The molecule has 4 heterocycles. The molecular formula is C20H24N6O. The van der Waals surface area contributed by atoms with Crippen LogP contribution in [0.1, 0.15) is 38.5 Å². The molecule has 1 aliphatic carbocycles. The van der Waals surface area contributed by atoms with Crippen LogP contribution in [0, 0.1) is 0 Å². The Kier molecular flexibility index (Phi) is 4.04. The van der Waals surface area contributed by atoms with Crippen molar-refractivity contribution in [3.05, 3.63) is 30.7 Å². The predicted octanol–water partition coefficient (Wildman–Crippen LogP) is 3.33. The number of nitrogens with zero attached hydrogens (tertiary/aromatic N) is 5. The fraction of sp³-hybridized carbons (Fsp3) is 0.500. The molecule has 1 saturated carbocycles. The van der Waals surface area contributed by atoms with Crippen LogP contribution >= 0.6 is 0 Å². The van der Waals surface area contributed by atoms with E-state index in [1.807, 2.05) is 25.4 Å². The van der Waals surface area contributed by atoms with Gasteiger partial charge in [-0.15, -0.1) is 0 Å². The average Bonchev–Trinajstić information content (AvgIpc) is 3.27. The lowest BCUT2D eigenvalue weighted by atomic mass is 9.82. The lowest BCUT2D eigenvalue weighted by Crippen LogP contribution is -2.31. The first-order valence-corrected chi connectivity index (χ1v) is 9.73. The molecule has 1 aliphatic heterocycles. The highest BCUT2D eigenvalue weighted by molar-refractivity contribution is 5.88. The van der Waals surface area contributed by atoms with Gasteiger partial charge in [0.15, 0.2) is 11.5 Å². The fourth-order valence-corrected chi connectivity index (χ4v) is 4.44. The van der Waals surface area contributed by atoms with Gasteiger partial charge < -0.3 is 10.1 Å². The van der Waals surface area contributed by atoms with Gasteiger partial charge in [-0.1, -0.05) is 19.3 Å². The molecule has 0 bridgehead atoms. The number of rotatable bonds is 3. The molecule has 0 aromatic carbocycles. The number of anilines is 1. The highest BCUT2D eigenvalue weighted by Crippen LogP contribution is 2.40. The summed E-state index contributed by atoms with van der Waals surface area (Å²) in [7, 11) is 1.91. The lowest BCUT2D eigenvalue weighted by molar-refractivity contribution is -0.0244. The van der Waals surface area contributed by atoms with Crippen LogP contribution in [0.25, 0.3) is 22.4 Å². The molecule has 0 radical (unpaired) electrons. The first kappa shape index (κ1) is 16.6. The number of fused-ring (bicyclic) bond motifs is 1. The summed E-state index contributed by atoms with van der Waals surface area (Å²) in [6.45, 7) is 0.732. The van der Waals surface area contributed by atoms with Crippen LogP contribution in [0.4, 0.5) is 5.82 Å². The van der Waals surface area contributed by atoms with E-state index in [-0.39, 0.29) is 11.6 Å². The zero-order chi connectivity index (χ0) is 18.3. The molecule has 2 fully saturated rings. The second-order valence-corrected chi connectivity index (χ2v) is 7.74. The third-order valence-electron chi connectivity index (χ3n) is 5.85. The Morgan fingerprint density at radius 2 is 1.96 bits per heavy atom. The van der Waals surface area contributed by atoms with Gasteiger partial charge in [-0.05, 0) is 31.4 Å². The monoisotopic (exact) mass is 364 g/mol. The molecule has 1 atom stereocenters. The van der Waals surface area contributed by atoms with Gasteiger partial charge >= 0.3 is 0 Å². The number of ether oxygens (including phenoxy) is 1. The van der Waals surface area contributed by atoms with Crippen LogP contribution in [0.2, 0.25) is 0 Å². The molecule has 1 spiro atoms. The van der Waals surface area contributed by atoms with Crippen molar-refractivity contribution in [1.29, 1.82) is 0 Å². The number of hydrogen-bond acceptors (Lipinski definition) is 6. The normalized spacial score (nSPS) is 21.7. The number of aryl methyl sites for hydroxylation is 1. The molecule has 3 aromatic heterocycles. The fourth-order valence-electron chi connectivity index (χ4n) is 4.44. The van der Waals surface area contributed by atoms with E-state index in [9.17, 15) is 0 Å². The zero-order valence-electron chi connectivity index (χ0n) is 15.6. The van der Waals surface area contributed by atoms with Gasteiger partial charge in [0.05, 0.1) is 29.8 Å². The Bertz CT molecular complexity index is 948. The van der Waals surface area contributed by atoms with E-state index >= 15 is 0 Å². The molecule has 5 rings (SSSR count). The van der Waals surface area contributed by atoms with Gasteiger partial charge in [-0.2, -0.15) is 5.10 Å². The van der Waals surface area contributed by atoms with Crippen molar-refractivity contribution in [2.45, 2.75) is 50.2 Å². The molecule has 27 heavy (non-hydrogen) atoms. The molecule has 0 amide bonds. The van der Waals surface area contributed by atoms with E-state index in [0.29, 0.717) is 5.82 Å². The third kappa shape index (κ3) is 3.06. The number of aromatic nitrogens is 5. The van der Waals surface area contributed by atoms with Crippen molar-refractivity contribution in [3.8, 4) is 11.4 Å². The Morgan fingerprint density at radius 3 is 2.78 bits per heavy atom. The number of hydrogen-bond donors (Lipinski definition) is 1. The zero-order valence-corrected chi connectivity index (χ0v) is 15.6. The molecule has 1 saturated heterocycles.